The van der Waals surface area contributed by atoms with Crippen molar-refractivity contribution in [1.82, 2.24) is 10.3 Å². The minimum absolute atomic E-state index is 0. The van der Waals surface area contributed by atoms with Crippen molar-refractivity contribution in [2.45, 2.75) is 0 Å². The first-order valence-corrected chi connectivity index (χ1v) is 7.30. The zero-order valence-corrected chi connectivity index (χ0v) is 15.7. The molecule has 0 atom stereocenters. The number of amides is 2. The van der Waals surface area contributed by atoms with Crippen molar-refractivity contribution in [3.63, 3.8) is 0 Å². The number of nitrogens with zero attached hydrogens (tertiary/aromatic N) is 1. The summed E-state index contributed by atoms with van der Waals surface area (Å²) in [5, 5.41) is 9.29. The second-order valence-corrected chi connectivity index (χ2v) is 4.82. The van der Waals surface area contributed by atoms with E-state index in [-0.39, 0.29) is 30.8 Å². The highest BCUT2D eigenvalue weighted by Gasteiger charge is 2.05. The molecule has 25 heavy (non-hydrogen) atoms. The largest absolute Gasteiger partial charge is 0.323 e. The van der Waals surface area contributed by atoms with Gasteiger partial charge in [0, 0.05) is 17.3 Å². The van der Waals surface area contributed by atoms with Crippen molar-refractivity contribution >= 4 is 53.1 Å². The van der Waals surface area contributed by atoms with Crippen LogP contribution in [0, 0.1) is 0 Å². The lowest BCUT2D eigenvalue weighted by Crippen LogP contribution is -2.19. The van der Waals surface area contributed by atoms with Crippen molar-refractivity contribution in [2.24, 2.45) is 0 Å². The number of anilines is 2. The van der Waals surface area contributed by atoms with Gasteiger partial charge in [-0.15, -0.1) is 24.8 Å². The molecule has 3 aromatic rings. The summed E-state index contributed by atoms with van der Waals surface area (Å²) in [5.74, 6) is 0. The van der Waals surface area contributed by atoms with Crippen LogP contribution in [0.15, 0.2) is 66.9 Å². The molecule has 0 aliphatic heterocycles. The van der Waals surface area contributed by atoms with Crippen molar-refractivity contribution in [1.29, 1.82) is 0 Å². The predicted molar refractivity (Wildman–Crippen MR) is 110 cm³/mol. The molecule has 3 rings (SSSR count). The van der Waals surface area contributed by atoms with Gasteiger partial charge >= 0.3 is 6.03 Å². The maximum absolute atomic E-state index is 12.0. The monoisotopic (exact) mass is 380 g/mol. The Kier molecular flexibility index (Phi) is 11.0. The molecule has 1 heterocycles. The number of aromatic nitrogens is 1. The highest BCUT2D eigenvalue weighted by atomic mass is 35.5. The average Bonchev–Trinajstić information content (AvgIpc) is 2.57. The molecule has 0 saturated carbocycles. The van der Waals surface area contributed by atoms with Gasteiger partial charge in [0.2, 0.25) is 0 Å². The van der Waals surface area contributed by atoms with E-state index in [1.807, 2.05) is 68.7 Å². The lowest BCUT2D eigenvalue weighted by atomic mass is 10.2. The number of nitrogens with one attached hydrogen (secondary N) is 3. The molecular weight excluding hydrogens is 359 g/mol. The van der Waals surface area contributed by atoms with Gasteiger partial charge in [0.25, 0.3) is 0 Å². The Labute approximate surface area is 160 Å². The van der Waals surface area contributed by atoms with Gasteiger partial charge in [-0.25, -0.2) is 4.79 Å². The standard InChI is InChI=1S/C16H13N3O.C2H7N.2ClH/c20-16(18-12-6-2-1-3-7-12)19-15-10-11-17-14-9-5-4-8-13(14)15;1-3-2;;/h1-11H,(H2,17,18,19,20);3H,1-2H3;2*1H. The molecule has 0 unspecified atom stereocenters. The van der Waals surface area contributed by atoms with Crippen LogP contribution in [0.4, 0.5) is 16.2 Å². The number of hydrogen-bond acceptors (Lipinski definition) is 3. The smallest absolute Gasteiger partial charge is 0.323 e. The third-order valence-corrected chi connectivity index (χ3v) is 2.93. The van der Waals surface area contributed by atoms with Crippen molar-refractivity contribution in [3.8, 4) is 0 Å². The topological polar surface area (TPSA) is 66.1 Å². The third kappa shape index (κ3) is 6.97. The van der Waals surface area contributed by atoms with Gasteiger partial charge in [0.05, 0.1) is 11.2 Å². The Balaban J connectivity index is 0.00000108. The number of carbonyl (C=O) groups is 1. The lowest BCUT2D eigenvalue weighted by Gasteiger charge is -2.09. The molecule has 134 valence electrons. The SMILES string of the molecule is CNC.Cl.Cl.O=C(Nc1ccccc1)Nc1ccnc2ccccc12. The highest BCUT2D eigenvalue weighted by Crippen LogP contribution is 2.21. The molecule has 0 fully saturated rings. The predicted octanol–water partition coefficient (Wildman–Crippen LogP) is 4.56. The zero-order valence-electron chi connectivity index (χ0n) is 14.0. The van der Waals surface area contributed by atoms with Gasteiger partial charge in [-0.3, -0.25) is 4.98 Å². The first kappa shape index (κ1) is 22.7. The maximum Gasteiger partial charge on any atom is 0.323 e. The number of halogens is 2. The number of fused-ring (bicyclic) bond motifs is 1. The molecule has 0 spiro atoms. The van der Waals surface area contributed by atoms with Crippen LogP contribution in [0.2, 0.25) is 0 Å². The van der Waals surface area contributed by atoms with Gasteiger partial charge in [-0.05, 0) is 38.4 Å². The number of benzene rings is 2. The average molecular weight is 381 g/mol. The molecular formula is C18H22Cl2N4O. The molecule has 0 radical (unpaired) electrons. The molecule has 0 bridgehead atoms. The van der Waals surface area contributed by atoms with Gasteiger partial charge in [-0.1, -0.05) is 36.4 Å². The van der Waals surface area contributed by atoms with Crippen molar-refractivity contribution < 1.29 is 4.79 Å². The maximum atomic E-state index is 12.0. The summed E-state index contributed by atoms with van der Waals surface area (Å²) < 4.78 is 0. The first-order chi connectivity index (χ1) is 11.2. The van der Waals surface area contributed by atoms with Gasteiger partial charge < -0.3 is 16.0 Å². The van der Waals surface area contributed by atoms with Gasteiger partial charge in [-0.2, -0.15) is 0 Å². The number of pyridine rings is 1. The fourth-order valence-electron chi connectivity index (χ4n) is 2.01. The normalized spacial score (nSPS) is 8.88. The van der Waals surface area contributed by atoms with E-state index in [1.165, 1.54) is 0 Å². The molecule has 7 heteroatoms. The Hall–Kier alpha value is -2.34. The molecule has 0 aliphatic carbocycles. The van der Waals surface area contributed by atoms with Crippen LogP contribution in [-0.2, 0) is 0 Å². The van der Waals surface area contributed by atoms with E-state index in [1.54, 1.807) is 12.3 Å². The van der Waals surface area contributed by atoms with E-state index in [0.717, 1.165) is 22.3 Å². The van der Waals surface area contributed by atoms with E-state index < -0.39 is 0 Å². The number of hydrogen-bond donors (Lipinski definition) is 3. The van der Waals surface area contributed by atoms with E-state index in [0.29, 0.717) is 0 Å². The van der Waals surface area contributed by atoms with Crippen molar-refractivity contribution in [2.75, 3.05) is 24.7 Å². The summed E-state index contributed by atoms with van der Waals surface area (Å²) >= 11 is 0. The summed E-state index contributed by atoms with van der Waals surface area (Å²) in [5.41, 5.74) is 2.34. The summed E-state index contributed by atoms with van der Waals surface area (Å²) in [4.78, 5) is 16.2. The molecule has 2 aromatic carbocycles. The number of carbonyl (C=O) groups excluding carboxylic acids is 1. The number of para-hydroxylation sites is 2. The molecule has 3 N–H and O–H groups in total. The zero-order chi connectivity index (χ0) is 16.5. The third-order valence-electron chi connectivity index (χ3n) is 2.93. The summed E-state index contributed by atoms with van der Waals surface area (Å²) in [6.45, 7) is 0. The molecule has 2 amide bonds. The number of rotatable bonds is 2. The van der Waals surface area contributed by atoms with Crippen LogP contribution in [0.1, 0.15) is 0 Å². The van der Waals surface area contributed by atoms with E-state index in [9.17, 15) is 4.79 Å². The minimum atomic E-state index is -0.271. The molecule has 5 nitrogen and oxygen atoms in total. The second kappa shape index (κ2) is 12.1. The van der Waals surface area contributed by atoms with Crippen LogP contribution in [0.5, 0.6) is 0 Å². The van der Waals surface area contributed by atoms with E-state index in [4.69, 9.17) is 0 Å². The fraction of sp³-hybridized carbons (Fsp3) is 0.111. The highest BCUT2D eigenvalue weighted by molar-refractivity contribution is 6.05. The summed E-state index contributed by atoms with van der Waals surface area (Å²) in [6.07, 6.45) is 1.68. The molecule has 0 saturated heterocycles. The fourth-order valence-corrected chi connectivity index (χ4v) is 2.01. The first-order valence-electron chi connectivity index (χ1n) is 7.30. The Bertz CT molecular complexity index is 764. The van der Waals surface area contributed by atoms with Crippen LogP contribution < -0.4 is 16.0 Å². The number of urea groups is 1. The quantitative estimate of drug-likeness (QED) is 0.610. The van der Waals surface area contributed by atoms with E-state index >= 15 is 0 Å². The minimum Gasteiger partial charge on any atom is -0.323 e. The van der Waals surface area contributed by atoms with Crippen LogP contribution in [0.3, 0.4) is 0 Å². The Morgan fingerprint density at radius 3 is 2.12 bits per heavy atom. The van der Waals surface area contributed by atoms with Crippen LogP contribution >= 0.6 is 24.8 Å². The molecule has 1 aromatic heterocycles. The van der Waals surface area contributed by atoms with Crippen LogP contribution in [0.25, 0.3) is 10.9 Å². The van der Waals surface area contributed by atoms with Crippen LogP contribution in [-0.4, -0.2) is 25.1 Å². The van der Waals surface area contributed by atoms with Gasteiger partial charge in [0.15, 0.2) is 0 Å². The molecule has 0 aliphatic rings. The lowest BCUT2D eigenvalue weighted by molar-refractivity contribution is 0.262. The second-order valence-electron chi connectivity index (χ2n) is 4.82. The Morgan fingerprint density at radius 2 is 1.44 bits per heavy atom. The Morgan fingerprint density at radius 1 is 0.840 bits per heavy atom. The van der Waals surface area contributed by atoms with Crippen molar-refractivity contribution in [3.05, 3.63) is 66.9 Å². The summed E-state index contributed by atoms with van der Waals surface area (Å²) in [7, 11) is 3.75. The van der Waals surface area contributed by atoms with Gasteiger partial charge in [0.1, 0.15) is 0 Å². The van der Waals surface area contributed by atoms with E-state index in [2.05, 4.69) is 20.9 Å². The summed E-state index contributed by atoms with van der Waals surface area (Å²) in [6, 6.07) is 18.5.